The smallest absolute Gasteiger partial charge is 0.192 e. The van der Waals surface area contributed by atoms with E-state index in [1.165, 1.54) is 12.8 Å². The number of hydrogen-bond donors (Lipinski definition) is 1. The lowest BCUT2D eigenvalue weighted by atomic mass is 10.1. The molecule has 2 fully saturated rings. The molecule has 0 aromatic carbocycles. The molecule has 0 bridgehead atoms. The summed E-state index contributed by atoms with van der Waals surface area (Å²) in [6.07, 6.45) is 2.94. The molecule has 0 aromatic rings. The number of fused-ring (bicyclic) bond motifs is 1. The summed E-state index contributed by atoms with van der Waals surface area (Å²) < 4.78 is 6.44. The molecule has 2 aliphatic rings. The molecule has 1 unspecified atom stereocenters. The van der Waals surface area contributed by atoms with E-state index in [1.807, 2.05) is 0 Å². The Labute approximate surface area is 94.7 Å². The minimum Gasteiger partial charge on any atom is -0.412 e. The molecule has 2 N–H and O–H groups in total. The van der Waals surface area contributed by atoms with Crippen LogP contribution in [0.25, 0.3) is 0 Å². The van der Waals surface area contributed by atoms with Crippen LogP contribution in [-0.2, 0) is 4.43 Å². The zero-order valence-corrected chi connectivity index (χ0v) is 11.7. The topological polar surface area (TPSA) is 35.2 Å². The second-order valence-electron chi connectivity index (χ2n) is 6.90. The van der Waals surface area contributed by atoms with Crippen LogP contribution in [0.4, 0.5) is 0 Å². The average molecular weight is 227 g/mol. The summed E-state index contributed by atoms with van der Waals surface area (Å²) in [5, 5.41) is 0.305. The predicted octanol–water partition coefficient (Wildman–Crippen LogP) is 2.74. The molecular weight excluding hydrogens is 202 g/mol. The van der Waals surface area contributed by atoms with Crippen molar-refractivity contribution in [3.05, 3.63) is 0 Å². The van der Waals surface area contributed by atoms with Gasteiger partial charge in [0.25, 0.3) is 0 Å². The van der Waals surface area contributed by atoms with E-state index < -0.39 is 8.32 Å². The highest BCUT2D eigenvalue weighted by atomic mass is 28.4. The molecule has 0 aromatic heterocycles. The zero-order chi connectivity index (χ0) is 11.4. The SMILES string of the molecule is CC(C)(C)[Si](C)(C)OC1[C@H]2C[C@H]2C[C@@H]1N. The molecule has 15 heavy (non-hydrogen) atoms. The average Bonchev–Trinajstić information content (AvgIpc) is 2.71. The second kappa shape index (κ2) is 3.31. The van der Waals surface area contributed by atoms with Gasteiger partial charge in [-0.05, 0) is 42.8 Å². The number of nitrogens with two attached hydrogens (primary N) is 1. The lowest BCUT2D eigenvalue weighted by Crippen LogP contribution is -2.48. The Morgan fingerprint density at radius 3 is 2.20 bits per heavy atom. The summed E-state index contributed by atoms with van der Waals surface area (Å²) in [6, 6.07) is 0.308. The number of rotatable bonds is 2. The first-order valence-electron chi connectivity index (χ1n) is 6.16. The lowest BCUT2D eigenvalue weighted by molar-refractivity contribution is 0.148. The first-order valence-corrected chi connectivity index (χ1v) is 9.06. The van der Waals surface area contributed by atoms with Crippen molar-refractivity contribution in [3.8, 4) is 0 Å². The van der Waals surface area contributed by atoms with Crippen molar-refractivity contribution in [2.45, 2.75) is 63.9 Å². The van der Waals surface area contributed by atoms with Crippen LogP contribution in [0, 0.1) is 11.8 Å². The van der Waals surface area contributed by atoms with Crippen molar-refractivity contribution in [1.82, 2.24) is 0 Å². The molecular formula is C12H25NOSi. The van der Waals surface area contributed by atoms with Gasteiger partial charge in [-0.15, -0.1) is 0 Å². The molecule has 0 amide bonds. The first-order chi connectivity index (χ1) is 6.72. The van der Waals surface area contributed by atoms with Gasteiger partial charge >= 0.3 is 0 Å². The van der Waals surface area contributed by atoms with Gasteiger partial charge in [0.15, 0.2) is 8.32 Å². The Balaban J connectivity index is 2.02. The molecule has 2 nitrogen and oxygen atoms in total. The standard InChI is InChI=1S/C12H25NOSi/c1-12(2,3)15(4,5)14-11-9-6-8(9)7-10(11)13/h8-11H,6-7,13H2,1-5H3/t8-,9-,10-,11?/m0/s1. The van der Waals surface area contributed by atoms with Gasteiger partial charge in [0.1, 0.15) is 0 Å². The highest BCUT2D eigenvalue weighted by Crippen LogP contribution is 2.54. The van der Waals surface area contributed by atoms with Gasteiger partial charge in [0.05, 0.1) is 6.10 Å². The fraction of sp³-hybridized carbons (Fsp3) is 1.00. The maximum atomic E-state index is 6.44. The predicted molar refractivity (Wildman–Crippen MR) is 66.3 cm³/mol. The molecule has 0 spiro atoms. The molecule has 0 saturated heterocycles. The Hall–Kier alpha value is 0.137. The van der Waals surface area contributed by atoms with Crippen molar-refractivity contribution in [1.29, 1.82) is 0 Å². The van der Waals surface area contributed by atoms with E-state index in [-0.39, 0.29) is 0 Å². The number of hydrogen-bond acceptors (Lipinski definition) is 2. The minimum absolute atomic E-state index is 0.305. The summed E-state index contributed by atoms with van der Waals surface area (Å²) >= 11 is 0. The van der Waals surface area contributed by atoms with Crippen molar-refractivity contribution < 1.29 is 4.43 Å². The van der Waals surface area contributed by atoms with Crippen molar-refractivity contribution in [2.24, 2.45) is 17.6 Å². The van der Waals surface area contributed by atoms with Gasteiger partial charge in [-0.3, -0.25) is 0 Å². The summed E-state index contributed by atoms with van der Waals surface area (Å²) in [5.74, 6) is 1.70. The summed E-state index contributed by atoms with van der Waals surface area (Å²) in [7, 11) is -1.61. The Bertz CT molecular complexity index is 257. The van der Waals surface area contributed by atoms with E-state index in [2.05, 4.69) is 33.9 Å². The molecule has 2 saturated carbocycles. The monoisotopic (exact) mass is 227 g/mol. The molecule has 0 radical (unpaired) electrons. The highest BCUT2D eigenvalue weighted by Gasteiger charge is 2.55. The van der Waals surface area contributed by atoms with E-state index in [4.69, 9.17) is 10.2 Å². The van der Waals surface area contributed by atoms with Gasteiger partial charge < -0.3 is 10.2 Å². The molecule has 3 heteroatoms. The third-order valence-electron chi connectivity index (χ3n) is 4.63. The first kappa shape index (κ1) is 11.6. The van der Waals surface area contributed by atoms with Gasteiger partial charge in [-0.1, -0.05) is 20.8 Å². The lowest BCUT2D eigenvalue weighted by Gasteiger charge is -2.40. The molecule has 2 aliphatic carbocycles. The third kappa shape index (κ3) is 2.02. The fourth-order valence-electron chi connectivity index (χ4n) is 2.44. The highest BCUT2D eigenvalue weighted by molar-refractivity contribution is 6.74. The molecule has 2 rings (SSSR count). The Morgan fingerprint density at radius 2 is 1.80 bits per heavy atom. The summed E-state index contributed by atoms with van der Waals surface area (Å²) in [5.41, 5.74) is 6.15. The molecule has 0 aliphatic heterocycles. The van der Waals surface area contributed by atoms with Crippen LogP contribution in [0.1, 0.15) is 33.6 Å². The van der Waals surface area contributed by atoms with Crippen LogP contribution in [0.5, 0.6) is 0 Å². The maximum Gasteiger partial charge on any atom is 0.192 e. The normalized spacial score (nSPS) is 40.4. The fourth-order valence-corrected chi connectivity index (χ4v) is 3.82. The Morgan fingerprint density at radius 1 is 1.20 bits per heavy atom. The van der Waals surface area contributed by atoms with Crippen LogP contribution in [0.2, 0.25) is 18.1 Å². The van der Waals surface area contributed by atoms with E-state index in [0.717, 1.165) is 11.8 Å². The minimum atomic E-state index is -1.61. The van der Waals surface area contributed by atoms with Gasteiger partial charge in [0.2, 0.25) is 0 Å². The van der Waals surface area contributed by atoms with Crippen LogP contribution < -0.4 is 5.73 Å². The van der Waals surface area contributed by atoms with Crippen LogP contribution in [0.3, 0.4) is 0 Å². The van der Waals surface area contributed by atoms with Crippen molar-refractivity contribution in [3.63, 3.8) is 0 Å². The van der Waals surface area contributed by atoms with Crippen molar-refractivity contribution in [2.75, 3.05) is 0 Å². The van der Waals surface area contributed by atoms with Crippen molar-refractivity contribution >= 4 is 8.32 Å². The second-order valence-corrected chi connectivity index (χ2v) is 11.7. The van der Waals surface area contributed by atoms with E-state index in [0.29, 0.717) is 17.2 Å². The van der Waals surface area contributed by atoms with E-state index in [1.54, 1.807) is 0 Å². The van der Waals surface area contributed by atoms with Gasteiger partial charge in [0, 0.05) is 6.04 Å². The van der Waals surface area contributed by atoms with E-state index in [9.17, 15) is 0 Å². The largest absolute Gasteiger partial charge is 0.412 e. The Kier molecular flexibility index (Phi) is 2.57. The third-order valence-corrected chi connectivity index (χ3v) is 9.11. The molecule has 88 valence electrons. The zero-order valence-electron chi connectivity index (χ0n) is 10.7. The summed E-state index contributed by atoms with van der Waals surface area (Å²) in [4.78, 5) is 0. The summed E-state index contributed by atoms with van der Waals surface area (Å²) in [6.45, 7) is 11.5. The van der Waals surface area contributed by atoms with Gasteiger partial charge in [-0.2, -0.15) is 0 Å². The molecule has 0 heterocycles. The molecule has 4 atom stereocenters. The quantitative estimate of drug-likeness (QED) is 0.736. The van der Waals surface area contributed by atoms with E-state index >= 15 is 0 Å². The maximum absolute atomic E-state index is 6.44. The van der Waals surface area contributed by atoms with Gasteiger partial charge in [-0.25, -0.2) is 0 Å². The van der Waals surface area contributed by atoms with Crippen LogP contribution >= 0.6 is 0 Å². The van der Waals surface area contributed by atoms with Crippen LogP contribution in [0.15, 0.2) is 0 Å². The van der Waals surface area contributed by atoms with Crippen LogP contribution in [-0.4, -0.2) is 20.5 Å².